The van der Waals surface area contributed by atoms with Gasteiger partial charge in [0.2, 0.25) is 0 Å². The highest BCUT2D eigenvalue weighted by Gasteiger charge is 2.35. The lowest BCUT2D eigenvalue weighted by Crippen LogP contribution is -2.39. The van der Waals surface area contributed by atoms with Gasteiger partial charge in [0, 0.05) is 52.7 Å². The van der Waals surface area contributed by atoms with Gasteiger partial charge in [-0.05, 0) is 48.6 Å². The first kappa shape index (κ1) is 21.8. The molecule has 1 aliphatic heterocycles. The summed E-state index contributed by atoms with van der Waals surface area (Å²) in [6.45, 7) is 8.80. The molecule has 3 heterocycles. The fraction of sp³-hybridized carbons (Fsp3) is 0.296. The standard InChI is InChI=1S/C27H27F2N3S/c1-4-19-7-5-6-8-23(19)30-18(3)21-15-17(2)16-22-24(21)31-26(20-9-14-33-25(20)22)32-12-10-27(28,29)11-13-32/h4-9,14-16,18,30H,1,10-13H2,2-3H3. The third-order valence-electron chi connectivity index (χ3n) is 6.47. The minimum Gasteiger partial charge on any atom is -0.378 e. The van der Waals surface area contributed by atoms with E-state index in [0.29, 0.717) is 13.1 Å². The summed E-state index contributed by atoms with van der Waals surface area (Å²) in [7, 11) is 0. The summed E-state index contributed by atoms with van der Waals surface area (Å²) in [6, 6.07) is 14.5. The van der Waals surface area contributed by atoms with Crippen molar-refractivity contribution >= 4 is 49.9 Å². The summed E-state index contributed by atoms with van der Waals surface area (Å²) in [5.41, 5.74) is 5.27. The molecule has 0 spiro atoms. The van der Waals surface area contributed by atoms with Crippen molar-refractivity contribution < 1.29 is 8.78 Å². The van der Waals surface area contributed by atoms with Gasteiger partial charge >= 0.3 is 0 Å². The second kappa shape index (κ2) is 8.41. The summed E-state index contributed by atoms with van der Waals surface area (Å²) < 4.78 is 28.8. The third kappa shape index (κ3) is 4.08. The Labute approximate surface area is 196 Å². The van der Waals surface area contributed by atoms with E-state index in [1.807, 2.05) is 29.2 Å². The number of alkyl halides is 2. The Bertz CT molecular complexity index is 1330. The Hall–Kier alpha value is -2.99. The lowest BCUT2D eigenvalue weighted by atomic mass is 9.99. The van der Waals surface area contributed by atoms with E-state index < -0.39 is 5.92 Å². The third-order valence-corrected chi connectivity index (χ3v) is 7.41. The van der Waals surface area contributed by atoms with Crippen LogP contribution in [0, 0.1) is 6.92 Å². The number of rotatable bonds is 5. The van der Waals surface area contributed by atoms with Gasteiger partial charge in [0.1, 0.15) is 5.82 Å². The van der Waals surface area contributed by atoms with Gasteiger partial charge in [-0.3, -0.25) is 0 Å². The van der Waals surface area contributed by atoms with Crippen molar-refractivity contribution in [2.24, 2.45) is 0 Å². The Balaban J connectivity index is 1.63. The van der Waals surface area contributed by atoms with Gasteiger partial charge < -0.3 is 10.2 Å². The van der Waals surface area contributed by atoms with Crippen molar-refractivity contribution in [3.63, 3.8) is 0 Å². The molecule has 0 radical (unpaired) electrons. The maximum Gasteiger partial charge on any atom is 0.251 e. The predicted octanol–water partition coefficient (Wildman–Crippen LogP) is 7.81. The van der Waals surface area contributed by atoms with E-state index >= 15 is 0 Å². The van der Waals surface area contributed by atoms with E-state index in [0.717, 1.165) is 43.6 Å². The van der Waals surface area contributed by atoms with E-state index in [1.54, 1.807) is 11.3 Å². The van der Waals surface area contributed by atoms with E-state index in [9.17, 15) is 8.78 Å². The van der Waals surface area contributed by atoms with Crippen molar-refractivity contribution in [2.75, 3.05) is 23.3 Å². The molecule has 1 atom stereocenters. The summed E-state index contributed by atoms with van der Waals surface area (Å²) in [6.07, 6.45) is 1.59. The van der Waals surface area contributed by atoms with Gasteiger partial charge in [-0.2, -0.15) is 0 Å². The summed E-state index contributed by atoms with van der Waals surface area (Å²) in [5, 5.41) is 7.86. The second-order valence-corrected chi connectivity index (χ2v) is 9.77. The molecule has 0 saturated carbocycles. The fourth-order valence-electron chi connectivity index (χ4n) is 4.70. The van der Waals surface area contributed by atoms with Crippen LogP contribution in [0.1, 0.15) is 42.5 Å². The molecule has 1 fully saturated rings. The molecule has 1 N–H and O–H groups in total. The van der Waals surface area contributed by atoms with Gasteiger partial charge in [0.25, 0.3) is 5.92 Å². The van der Waals surface area contributed by atoms with Gasteiger partial charge in [-0.1, -0.05) is 36.9 Å². The number of anilines is 2. The van der Waals surface area contributed by atoms with Gasteiger partial charge in [-0.15, -0.1) is 11.3 Å². The summed E-state index contributed by atoms with van der Waals surface area (Å²) >= 11 is 1.69. The minimum absolute atomic E-state index is 0.00282. The number of pyridine rings is 1. The number of hydrogen-bond acceptors (Lipinski definition) is 4. The molecule has 33 heavy (non-hydrogen) atoms. The van der Waals surface area contributed by atoms with Crippen LogP contribution < -0.4 is 10.2 Å². The lowest BCUT2D eigenvalue weighted by Gasteiger charge is -2.33. The zero-order chi connectivity index (χ0) is 23.2. The van der Waals surface area contributed by atoms with Crippen molar-refractivity contribution in [1.82, 2.24) is 4.98 Å². The Kier molecular flexibility index (Phi) is 5.57. The van der Waals surface area contributed by atoms with Crippen molar-refractivity contribution in [2.45, 2.75) is 38.7 Å². The van der Waals surface area contributed by atoms with Crippen molar-refractivity contribution in [3.05, 3.63) is 71.1 Å². The number of hydrogen-bond donors (Lipinski definition) is 1. The predicted molar refractivity (Wildman–Crippen MR) is 137 cm³/mol. The monoisotopic (exact) mass is 463 g/mol. The number of aromatic nitrogens is 1. The highest BCUT2D eigenvalue weighted by Crippen LogP contribution is 2.40. The number of nitrogens with one attached hydrogen (secondary N) is 1. The second-order valence-electron chi connectivity index (χ2n) is 8.85. The molecule has 6 heteroatoms. The van der Waals surface area contributed by atoms with Gasteiger partial charge in [0.15, 0.2) is 0 Å². The molecule has 1 aliphatic rings. The van der Waals surface area contributed by atoms with Crippen LogP contribution in [0.25, 0.3) is 27.1 Å². The van der Waals surface area contributed by atoms with Crippen LogP contribution in [0.4, 0.5) is 20.3 Å². The average Bonchev–Trinajstić information content (AvgIpc) is 3.29. The molecular weight excluding hydrogens is 436 g/mol. The summed E-state index contributed by atoms with van der Waals surface area (Å²) in [5.74, 6) is -1.77. The number of piperidine rings is 1. The fourth-order valence-corrected chi connectivity index (χ4v) is 5.61. The van der Waals surface area contributed by atoms with E-state index in [1.165, 1.54) is 5.56 Å². The van der Waals surface area contributed by atoms with Crippen LogP contribution in [-0.4, -0.2) is 24.0 Å². The van der Waals surface area contributed by atoms with Crippen molar-refractivity contribution in [3.8, 4) is 0 Å². The number of aryl methyl sites for hydroxylation is 1. The zero-order valence-electron chi connectivity index (χ0n) is 18.9. The highest BCUT2D eigenvalue weighted by atomic mass is 32.1. The quantitative estimate of drug-likeness (QED) is 0.327. The molecule has 4 aromatic rings. The summed E-state index contributed by atoms with van der Waals surface area (Å²) in [4.78, 5) is 7.15. The lowest BCUT2D eigenvalue weighted by molar-refractivity contribution is -0.0221. The van der Waals surface area contributed by atoms with E-state index in [4.69, 9.17) is 4.98 Å². The normalized spacial score (nSPS) is 16.8. The minimum atomic E-state index is -2.58. The maximum atomic E-state index is 13.8. The molecule has 3 nitrogen and oxygen atoms in total. The number of para-hydroxylation sites is 1. The molecule has 0 aliphatic carbocycles. The molecule has 5 rings (SSSR count). The van der Waals surface area contributed by atoms with Crippen LogP contribution in [-0.2, 0) is 0 Å². The van der Waals surface area contributed by atoms with E-state index in [-0.39, 0.29) is 18.9 Å². The number of benzene rings is 2. The molecule has 0 bridgehead atoms. The molecule has 2 aromatic heterocycles. The number of fused-ring (bicyclic) bond motifs is 3. The molecule has 1 unspecified atom stereocenters. The highest BCUT2D eigenvalue weighted by molar-refractivity contribution is 7.18. The number of nitrogens with zero attached hydrogens (tertiary/aromatic N) is 2. The first-order chi connectivity index (χ1) is 15.9. The molecule has 1 saturated heterocycles. The first-order valence-electron chi connectivity index (χ1n) is 11.3. The Morgan fingerprint density at radius 2 is 1.91 bits per heavy atom. The van der Waals surface area contributed by atoms with E-state index in [2.05, 4.69) is 55.4 Å². The number of halogens is 2. The van der Waals surface area contributed by atoms with Gasteiger partial charge in [-0.25, -0.2) is 13.8 Å². The Morgan fingerprint density at radius 3 is 2.67 bits per heavy atom. The van der Waals surface area contributed by atoms with Crippen LogP contribution in [0.2, 0.25) is 0 Å². The van der Waals surface area contributed by atoms with Gasteiger partial charge in [0.05, 0.1) is 11.6 Å². The molecule has 2 aromatic carbocycles. The smallest absolute Gasteiger partial charge is 0.251 e. The zero-order valence-corrected chi connectivity index (χ0v) is 19.7. The Morgan fingerprint density at radius 1 is 1.15 bits per heavy atom. The van der Waals surface area contributed by atoms with Crippen LogP contribution in [0.3, 0.4) is 0 Å². The molecular formula is C27H27F2N3S. The average molecular weight is 464 g/mol. The maximum absolute atomic E-state index is 13.8. The molecule has 0 amide bonds. The van der Waals surface area contributed by atoms with Crippen molar-refractivity contribution in [1.29, 1.82) is 0 Å². The first-order valence-corrected chi connectivity index (χ1v) is 12.2. The van der Waals surface area contributed by atoms with Crippen LogP contribution >= 0.6 is 11.3 Å². The topological polar surface area (TPSA) is 28.2 Å². The number of thiophene rings is 1. The molecule has 170 valence electrons. The van der Waals surface area contributed by atoms with Crippen LogP contribution in [0.15, 0.2) is 54.4 Å². The van der Waals surface area contributed by atoms with Crippen LogP contribution in [0.5, 0.6) is 0 Å². The largest absolute Gasteiger partial charge is 0.378 e. The SMILES string of the molecule is C=Cc1ccccc1NC(C)c1cc(C)cc2c1nc(N1CCC(F)(F)CC1)c1ccsc12.